The summed E-state index contributed by atoms with van der Waals surface area (Å²) in [5.74, 6) is 0.124. The zero-order chi connectivity index (χ0) is 30.7. The molecule has 42 heavy (non-hydrogen) atoms. The van der Waals surface area contributed by atoms with Crippen LogP contribution in [-0.4, -0.2) is 49.4 Å². The molecule has 0 radical (unpaired) electrons. The Bertz CT molecular complexity index is 1540. The van der Waals surface area contributed by atoms with E-state index in [1.807, 2.05) is 19.1 Å². The zero-order valence-corrected chi connectivity index (χ0v) is 25.2. The number of halogens is 1. The predicted octanol–water partition coefficient (Wildman–Crippen LogP) is 3.12. The molecule has 0 fully saturated rings. The zero-order valence-electron chi connectivity index (χ0n) is 22.7. The van der Waals surface area contributed by atoms with Crippen LogP contribution in [0, 0.1) is 24.1 Å². The normalized spacial score (nSPS) is 12.2. The summed E-state index contributed by atoms with van der Waals surface area (Å²) >= 11 is 2.63. The van der Waals surface area contributed by atoms with Gasteiger partial charge in [0.05, 0.1) is 23.0 Å². The second-order valence-electron chi connectivity index (χ2n) is 8.71. The van der Waals surface area contributed by atoms with Crippen molar-refractivity contribution in [3.05, 3.63) is 47.3 Å². The van der Waals surface area contributed by atoms with Crippen LogP contribution < -0.4 is 41.7 Å². The van der Waals surface area contributed by atoms with Gasteiger partial charge in [-0.15, -0.1) is 11.3 Å². The Morgan fingerprint density at radius 2 is 1.71 bits per heavy atom. The fourth-order valence-corrected chi connectivity index (χ4v) is 6.83. The summed E-state index contributed by atoms with van der Waals surface area (Å²) in [5.41, 5.74) is 22.2. The molecule has 10 N–H and O–H groups in total. The van der Waals surface area contributed by atoms with Crippen LogP contribution in [0.5, 0.6) is 17.2 Å². The number of aryl methyl sites for hydroxylation is 1. The third kappa shape index (κ3) is 9.97. The van der Waals surface area contributed by atoms with Crippen LogP contribution in [0.3, 0.4) is 0 Å². The van der Waals surface area contributed by atoms with Crippen molar-refractivity contribution in [3.63, 3.8) is 0 Å². The smallest absolute Gasteiger partial charge is 0.391 e. The molecule has 0 saturated heterocycles. The molecule has 3 aromatic rings. The molecule has 0 aliphatic carbocycles. The molecular formula is C25H32FN8O5PS2. The molecule has 0 bridgehead atoms. The van der Waals surface area contributed by atoms with Gasteiger partial charge >= 0.3 is 7.60 Å². The molecule has 2 aromatic carbocycles. The summed E-state index contributed by atoms with van der Waals surface area (Å²) < 4.78 is 48.1. The van der Waals surface area contributed by atoms with Crippen LogP contribution in [0.1, 0.15) is 24.0 Å². The monoisotopic (exact) mass is 638 g/mol. The molecule has 226 valence electrons. The first-order chi connectivity index (χ1) is 20.0. The SMILES string of the molecule is Cc1c(SNCP(=O)(O)Oc2ccc(C#N)c(F)c2)sc2cc(OCCCN=C(N)N)c(OCCCN=C(N)N)cc12. The molecule has 3 rings (SSSR count). The summed E-state index contributed by atoms with van der Waals surface area (Å²) in [6, 6.07) is 8.77. The van der Waals surface area contributed by atoms with E-state index >= 15 is 0 Å². The van der Waals surface area contributed by atoms with E-state index in [0.29, 0.717) is 50.6 Å². The van der Waals surface area contributed by atoms with E-state index in [1.165, 1.54) is 35.4 Å². The Balaban J connectivity index is 1.70. The minimum atomic E-state index is -4.18. The van der Waals surface area contributed by atoms with Gasteiger partial charge in [0, 0.05) is 48.2 Å². The predicted molar refractivity (Wildman–Crippen MR) is 164 cm³/mol. The highest BCUT2D eigenvalue weighted by Gasteiger charge is 2.22. The van der Waals surface area contributed by atoms with E-state index in [1.54, 1.807) is 6.07 Å². The van der Waals surface area contributed by atoms with Gasteiger partial charge in [-0.05, 0) is 42.6 Å². The minimum Gasteiger partial charge on any atom is -0.490 e. The molecule has 0 saturated carbocycles. The lowest BCUT2D eigenvalue weighted by Gasteiger charge is -2.14. The first-order valence-corrected chi connectivity index (χ1v) is 15.9. The topological polar surface area (TPSA) is 230 Å². The molecule has 0 aliphatic rings. The fraction of sp³-hybridized carbons (Fsp3) is 0.320. The number of aliphatic imine (C=N–C) groups is 2. The number of fused-ring (bicyclic) bond motifs is 1. The summed E-state index contributed by atoms with van der Waals surface area (Å²) in [6.45, 7) is 3.48. The van der Waals surface area contributed by atoms with Crippen molar-refractivity contribution in [1.82, 2.24) is 4.72 Å². The van der Waals surface area contributed by atoms with Crippen LogP contribution in [-0.2, 0) is 4.57 Å². The number of nitriles is 1. The van der Waals surface area contributed by atoms with Crippen LogP contribution in [0.15, 0.2) is 44.5 Å². The maximum Gasteiger partial charge on any atom is 0.391 e. The molecule has 17 heteroatoms. The number of benzene rings is 2. The van der Waals surface area contributed by atoms with Gasteiger partial charge in [-0.1, -0.05) is 0 Å². The first-order valence-electron chi connectivity index (χ1n) is 12.5. The van der Waals surface area contributed by atoms with Crippen molar-refractivity contribution in [2.75, 3.05) is 32.6 Å². The summed E-state index contributed by atoms with van der Waals surface area (Å²) in [7, 11) is -4.18. The van der Waals surface area contributed by atoms with Crippen LogP contribution >= 0.6 is 30.9 Å². The van der Waals surface area contributed by atoms with Crippen molar-refractivity contribution in [3.8, 4) is 23.3 Å². The first kappa shape index (κ1) is 32.8. The lowest BCUT2D eigenvalue weighted by molar-refractivity contribution is 0.266. The Kier molecular flexibility index (Phi) is 12.1. The number of ether oxygens (including phenoxy) is 2. The third-order valence-corrected chi connectivity index (χ3v) is 9.00. The Morgan fingerprint density at radius 3 is 2.29 bits per heavy atom. The largest absolute Gasteiger partial charge is 0.490 e. The van der Waals surface area contributed by atoms with Gasteiger partial charge in [0.2, 0.25) is 0 Å². The number of nitrogens with zero attached hydrogens (tertiary/aromatic N) is 3. The van der Waals surface area contributed by atoms with Gasteiger partial charge in [0.25, 0.3) is 0 Å². The molecule has 1 atom stereocenters. The van der Waals surface area contributed by atoms with Gasteiger partial charge in [-0.3, -0.25) is 9.98 Å². The number of hydrogen-bond acceptors (Lipinski definition) is 10. The van der Waals surface area contributed by atoms with Crippen molar-refractivity contribution >= 4 is 52.9 Å². The van der Waals surface area contributed by atoms with Crippen LogP contribution in [0.25, 0.3) is 10.1 Å². The minimum absolute atomic E-state index is 0.0148. The summed E-state index contributed by atoms with van der Waals surface area (Å²) in [6.07, 6.45) is 0.764. The van der Waals surface area contributed by atoms with E-state index in [2.05, 4.69) is 14.7 Å². The van der Waals surface area contributed by atoms with E-state index < -0.39 is 19.7 Å². The van der Waals surface area contributed by atoms with E-state index in [4.69, 9.17) is 42.2 Å². The Morgan fingerprint density at radius 1 is 1.10 bits per heavy atom. The summed E-state index contributed by atoms with van der Waals surface area (Å²) in [5, 5.41) is 9.76. The van der Waals surface area contributed by atoms with Gasteiger partial charge in [-0.25, -0.2) is 13.7 Å². The average Bonchev–Trinajstić information content (AvgIpc) is 3.21. The molecule has 0 spiro atoms. The van der Waals surface area contributed by atoms with Gasteiger partial charge < -0.3 is 41.8 Å². The van der Waals surface area contributed by atoms with E-state index in [0.717, 1.165) is 25.9 Å². The van der Waals surface area contributed by atoms with E-state index in [9.17, 15) is 13.8 Å². The fourth-order valence-electron chi connectivity index (χ4n) is 3.46. The maximum absolute atomic E-state index is 13.8. The van der Waals surface area contributed by atoms with Gasteiger partial charge in [0.1, 0.15) is 23.9 Å². The van der Waals surface area contributed by atoms with Crippen LogP contribution in [0.4, 0.5) is 4.39 Å². The number of nitrogens with one attached hydrogen (secondary N) is 1. The lowest BCUT2D eigenvalue weighted by atomic mass is 10.2. The molecule has 1 heterocycles. The second-order valence-corrected chi connectivity index (χ2v) is 12.7. The number of guanidine groups is 2. The molecule has 13 nitrogen and oxygen atoms in total. The van der Waals surface area contributed by atoms with Crippen molar-refractivity contribution in [2.45, 2.75) is 24.0 Å². The average molecular weight is 639 g/mol. The van der Waals surface area contributed by atoms with Crippen molar-refractivity contribution in [1.29, 1.82) is 5.26 Å². The van der Waals surface area contributed by atoms with Crippen LogP contribution in [0.2, 0.25) is 0 Å². The van der Waals surface area contributed by atoms with E-state index in [-0.39, 0.29) is 23.2 Å². The summed E-state index contributed by atoms with van der Waals surface area (Å²) in [4.78, 5) is 18.2. The highest BCUT2D eigenvalue weighted by atomic mass is 32.2. The highest BCUT2D eigenvalue weighted by molar-refractivity contribution is 7.99. The van der Waals surface area contributed by atoms with Gasteiger partial charge in [-0.2, -0.15) is 5.26 Å². The number of nitrogens with two attached hydrogens (primary N) is 4. The Labute approximate surface area is 250 Å². The second kappa shape index (κ2) is 15.5. The molecule has 0 aliphatic heterocycles. The molecule has 0 amide bonds. The lowest BCUT2D eigenvalue weighted by Crippen LogP contribution is -2.23. The Hall–Kier alpha value is -3.74. The highest BCUT2D eigenvalue weighted by Crippen LogP contribution is 2.45. The maximum atomic E-state index is 13.8. The molecule has 1 unspecified atom stereocenters. The van der Waals surface area contributed by atoms with Crippen molar-refractivity contribution in [2.24, 2.45) is 32.9 Å². The number of hydrogen-bond donors (Lipinski definition) is 6. The number of rotatable bonds is 16. The number of thiophene rings is 1. The quantitative estimate of drug-likeness (QED) is 0.0437. The van der Waals surface area contributed by atoms with Crippen molar-refractivity contribution < 1.29 is 27.8 Å². The van der Waals surface area contributed by atoms with Gasteiger partial charge in [0.15, 0.2) is 23.4 Å². The molecular weight excluding hydrogens is 606 g/mol. The third-order valence-electron chi connectivity index (χ3n) is 5.41. The molecule has 1 aromatic heterocycles. The standard InChI is InChI=1S/C25H32FN8O5PS2/c1-15-18-11-20(37-8-2-6-32-24(28)29)21(38-9-3-7-33-25(30)31)12-22(18)41-23(15)42-34-14-40(35,36)39-17-5-4-16(13-27)19(26)10-17/h4-5,10-12,34H,2-3,6-9,14H2,1H3,(H,35,36)(H4,28,29,32)(H4,30,31,33).